The molecule has 1 fully saturated rings. The maximum Gasteiger partial charge on any atom is 0.253 e. The van der Waals surface area contributed by atoms with Crippen molar-refractivity contribution >= 4 is 55.3 Å². The second-order valence-corrected chi connectivity index (χ2v) is 11.5. The van der Waals surface area contributed by atoms with E-state index in [2.05, 4.69) is 44.6 Å². The van der Waals surface area contributed by atoms with E-state index < -0.39 is 0 Å². The lowest BCUT2D eigenvalue weighted by atomic mass is 9.97. The first-order valence-corrected chi connectivity index (χ1v) is 13.3. The van der Waals surface area contributed by atoms with E-state index in [0.717, 1.165) is 64.4 Å². The van der Waals surface area contributed by atoms with Crippen LogP contribution in [0, 0.1) is 0 Å². The van der Waals surface area contributed by atoms with Crippen molar-refractivity contribution in [3.8, 4) is 11.3 Å². The number of piperidine rings is 1. The van der Waals surface area contributed by atoms with E-state index in [9.17, 15) is 4.79 Å². The van der Waals surface area contributed by atoms with Crippen molar-refractivity contribution in [3.05, 3.63) is 53.7 Å². The van der Waals surface area contributed by atoms with Gasteiger partial charge in [0.1, 0.15) is 10.3 Å². The topological polar surface area (TPSA) is 88.3 Å². The van der Waals surface area contributed by atoms with E-state index >= 15 is 0 Å². The molecule has 4 heterocycles. The van der Waals surface area contributed by atoms with Crippen LogP contribution in [0.1, 0.15) is 51.7 Å². The fraction of sp³-hybridized carbons (Fsp3) is 0.375. The summed E-state index contributed by atoms with van der Waals surface area (Å²) in [4.78, 5) is 31.2. The Bertz CT molecular complexity index is 1310. The molecule has 10 heteroatoms. The molecule has 1 unspecified atom stereocenters. The van der Waals surface area contributed by atoms with Gasteiger partial charge in [0.25, 0.3) is 5.91 Å². The number of aromatic nitrogens is 4. The maximum atomic E-state index is 12.1. The van der Waals surface area contributed by atoms with Gasteiger partial charge < -0.3 is 14.3 Å². The molecular weight excluding hydrogens is 563 g/mol. The Hall–Kier alpha value is -2.60. The van der Waals surface area contributed by atoms with Gasteiger partial charge in [-0.25, -0.2) is 9.97 Å². The zero-order valence-corrected chi connectivity index (χ0v) is 22.2. The van der Waals surface area contributed by atoms with Crippen molar-refractivity contribution in [1.29, 1.82) is 0 Å². The molecule has 1 aliphatic rings. The Labute approximate surface area is 215 Å². The summed E-state index contributed by atoms with van der Waals surface area (Å²) >= 11 is 3.92. The van der Waals surface area contributed by atoms with Crippen LogP contribution in [-0.4, -0.2) is 58.1 Å². The summed E-state index contributed by atoms with van der Waals surface area (Å²) in [5.74, 6) is 1.82. The zero-order valence-electron chi connectivity index (χ0n) is 19.2. The average Bonchev–Trinajstić information content (AvgIpc) is 3.51. The lowest BCUT2D eigenvalue weighted by molar-refractivity contribution is 0.0827. The van der Waals surface area contributed by atoms with Crippen molar-refractivity contribution in [1.82, 2.24) is 25.0 Å². The molecular formula is C24H25IN6O2S. The molecule has 1 aliphatic heterocycles. The summed E-state index contributed by atoms with van der Waals surface area (Å²) in [6.45, 7) is 3.86. The molecule has 0 bridgehead atoms. The van der Waals surface area contributed by atoms with Gasteiger partial charge in [0, 0.05) is 44.2 Å². The van der Waals surface area contributed by atoms with Crippen LogP contribution in [0.25, 0.3) is 21.6 Å². The van der Waals surface area contributed by atoms with Gasteiger partial charge in [0.05, 0.1) is 9.62 Å². The first kappa shape index (κ1) is 23.2. The van der Waals surface area contributed by atoms with E-state index in [1.807, 2.05) is 36.4 Å². The van der Waals surface area contributed by atoms with Gasteiger partial charge in [-0.05, 0) is 44.0 Å². The second-order valence-electron chi connectivity index (χ2n) is 8.66. The number of halogens is 1. The van der Waals surface area contributed by atoms with Crippen molar-refractivity contribution in [3.63, 3.8) is 0 Å². The van der Waals surface area contributed by atoms with E-state index in [0.29, 0.717) is 11.5 Å². The lowest BCUT2D eigenvalue weighted by Crippen LogP contribution is -2.32. The minimum atomic E-state index is -0.00933. The summed E-state index contributed by atoms with van der Waals surface area (Å²) in [5.41, 5.74) is 3.43. The average molecular weight is 588 g/mol. The fourth-order valence-corrected chi connectivity index (χ4v) is 5.28. The van der Waals surface area contributed by atoms with Crippen molar-refractivity contribution in [2.24, 2.45) is 0 Å². The third-order valence-corrected chi connectivity index (χ3v) is 7.59. The quantitative estimate of drug-likeness (QED) is 0.230. The highest BCUT2D eigenvalue weighted by molar-refractivity contribution is 14.1. The number of fused-ring (bicyclic) bond motifs is 1. The van der Waals surface area contributed by atoms with Gasteiger partial charge in [0.15, 0.2) is 11.0 Å². The van der Waals surface area contributed by atoms with Crippen LogP contribution in [0.2, 0.25) is 0 Å². The molecule has 4 aromatic rings. The molecule has 34 heavy (non-hydrogen) atoms. The van der Waals surface area contributed by atoms with E-state index in [1.165, 1.54) is 0 Å². The smallest absolute Gasteiger partial charge is 0.253 e. The maximum absolute atomic E-state index is 12.1. The molecule has 0 spiro atoms. The van der Waals surface area contributed by atoms with Crippen molar-refractivity contribution < 1.29 is 9.32 Å². The number of benzene rings is 1. The summed E-state index contributed by atoms with van der Waals surface area (Å²) in [6.07, 6.45) is 1.92. The minimum Gasteiger partial charge on any atom is -0.348 e. The third kappa shape index (κ3) is 4.65. The standard InChI is InChI=1S/C24H25IN6O2S/c1-14(25)20-28-21(33-29-20)16-10-12-31(13-11-16)24-27-19-9-8-18(26-22(19)34-24)15-4-6-17(7-5-15)23(32)30(2)3/h4-9,14,16H,10-13H2,1-3H3. The number of hydrogen-bond acceptors (Lipinski definition) is 8. The molecule has 3 aromatic heterocycles. The fourth-order valence-electron chi connectivity index (χ4n) is 4.04. The Morgan fingerprint density at radius 1 is 1.12 bits per heavy atom. The number of carbonyl (C=O) groups is 1. The molecule has 0 N–H and O–H groups in total. The predicted molar refractivity (Wildman–Crippen MR) is 142 cm³/mol. The van der Waals surface area contributed by atoms with Crippen LogP contribution >= 0.6 is 33.9 Å². The monoisotopic (exact) mass is 588 g/mol. The molecule has 5 rings (SSSR count). The number of hydrogen-bond donors (Lipinski definition) is 0. The Balaban J connectivity index is 1.29. The van der Waals surface area contributed by atoms with Gasteiger partial charge in [-0.15, -0.1) is 0 Å². The first-order valence-electron chi connectivity index (χ1n) is 11.2. The second kappa shape index (κ2) is 9.57. The molecule has 1 amide bonds. The number of nitrogens with zero attached hydrogens (tertiary/aromatic N) is 6. The summed E-state index contributed by atoms with van der Waals surface area (Å²) in [7, 11) is 3.51. The number of rotatable bonds is 5. The number of alkyl halides is 1. The molecule has 1 aromatic carbocycles. The highest BCUT2D eigenvalue weighted by Crippen LogP contribution is 2.35. The molecule has 0 saturated carbocycles. The largest absolute Gasteiger partial charge is 0.348 e. The molecule has 1 atom stereocenters. The number of pyridine rings is 1. The lowest BCUT2D eigenvalue weighted by Gasteiger charge is -2.29. The summed E-state index contributed by atoms with van der Waals surface area (Å²) < 4.78 is 5.76. The van der Waals surface area contributed by atoms with E-state index in [4.69, 9.17) is 14.5 Å². The first-order chi connectivity index (χ1) is 16.4. The van der Waals surface area contributed by atoms with Crippen LogP contribution in [0.3, 0.4) is 0 Å². The number of amides is 1. The van der Waals surface area contributed by atoms with Crippen LogP contribution in [0.15, 0.2) is 40.9 Å². The number of anilines is 1. The van der Waals surface area contributed by atoms with Gasteiger partial charge in [-0.3, -0.25) is 4.79 Å². The molecule has 176 valence electrons. The van der Waals surface area contributed by atoms with Gasteiger partial charge in [0.2, 0.25) is 5.89 Å². The number of carbonyl (C=O) groups excluding carboxylic acids is 1. The SMILES string of the molecule is CC(I)c1noc(C2CCN(c3nc4ccc(-c5ccc(C(=O)N(C)C)cc5)nc4s3)CC2)n1. The molecule has 1 saturated heterocycles. The highest BCUT2D eigenvalue weighted by atomic mass is 127. The zero-order chi connectivity index (χ0) is 23.8. The van der Waals surface area contributed by atoms with Crippen LogP contribution in [0.5, 0.6) is 0 Å². The van der Waals surface area contributed by atoms with Crippen LogP contribution < -0.4 is 4.90 Å². The van der Waals surface area contributed by atoms with Crippen LogP contribution in [0.4, 0.5) is 5.13 Å². The molecule has 0 radical (unpaired) electrons. The normalized spacial score (nSPS) is 15.6. The summed E-state index contributed by atoms with van der Waals surface area (Å²) in [6, 6.07) is 11.6. The van der Waals surface area contributed by atoms with Crippen molar-refractivity contribution in [2.75, 3.05) is 32.1 Å². The van der Waals surface area contributed by atoms with Gasteiger partial charge >= 0.3 is 0 Å². The molecule has 0 aliphatic carbocycles. The third-order valence-electron chi connectivity index (χ3n) is 6.01. The van der Waals surface area contributed by atoms with E-state index in [-0.39, 0.29) is 9.83 Å². The Morgan fingerprint density at radius 2 is 1.85 bits per heavy atom. The Kier molecular flexibility index (Phi) is 6.52. The highest BCUT2D eigenvalue weighted by Gasteiger charge is 2.27. The predicted octanol–water partition coefficient (Wildman–Crippen LogP) is 5.32. The minimum absolute atomic E-state index is 0.00933. The van der Waals surface area contributed by atoms with Crippen molar-refractivity contribution in [2.45, 2.75) is 29.6 Å². The van der Waals surface area contributed by atoms with Gasteiger partial charge in [-0.1, -0.05) is 51.2 Å². The van der Waals surface area contributed by atoms with E-state index in [1.54, 1.807) is 30.3 Å². The van der Waals surface area contributed by atoms with Gasteiger partial charge in [-0.2, -0.15) is 4.98 Å². The number of thiazole rings is 1. The summed E-state index contributed by atoms with van der Waals surface area (Å²) in [5, 5.41) is 5.10. The Morgan fingerprint density at radius 3 is 2.50 bits per heavy atom. The molecule has 8 nitrogen and oxygen atoms in total. The van der Waals surface area contributed by atoms with Crippen LogP contribution in [-0.2, 0) is 0 Å².